The van der Waals surface area contributed by atoms with Crippen molar-refractivity contribution in [1.29, 1.82) is 0 Å². The fourth-order valence-electron chi connectivity index (χ4n) is 2.09. The first-order chi connectivity index (χ1) is 7.89. The van der Waals surface area contributed by atoms with Crippen molar-refractivity contribution >= 4 is 11.6 Å². The minimum Gasteiger partial charge on any atom is -0.395 e. The summed E-state index contributed by atoms with van der Waals surface area (Å²) in [5.74, 6) is 0. The van der Waals surface area contributed by atoms with Crippen LogP contribution in [-0.2, 0) is 11.6 Å². The summed E-state index contributed by atoms with van der Waals surface area (Å²) in [5, 5.41) is 9.39. The average Bonchev–Trinajstić information content (AvgIpc) is 2.18. The molecular weight excluding hydrogens is 255 g/mol. The number of hydrogen-bond acceptors (Lipinski definition) is 2. The molecule has 1 aromatic rings. The molecular formula is C11H11ClF3NO. The molecule has 0 bridgehead atoms. The molecule has 1 aliphatic rings. The monoisotopic (exact) mass is 265 g/mol. The van der Waals surface area contributed by atoms with Gasteiger partial charge in [-0.2, -0.15) is 13.2 Å². The van der Waals surface area contributed by atoms with E-state index in [2.05, 4.69) is 4.98 Å². The standard InChI is InChI=1S/C11H11ClF3NO/c12-9-8(10(6-17)2-1-3-10)4-7(5-16-9)11(13,14)15/h4-5,17H,1-3,6H2. The third kappa shape index (κ3) is 2.13. The van der Waals surface area contributed by atoms with Crippen LogP contribution >= 0.6 is 11.6 Å². The second-order valence-corrected chi connectivity index (χ2v) is 4.71. The van der Waals surface area contributed by atoms with Gasteiger partial charge in [-0.05, 0) is 24.5 Å². The molecule has 0 amide bonds. The lowest BCUT2D eigenvalue weighted by atomic mass is 9.65. The number of nitrogens with zero attached hydrogens (tertiary/aromatic N) is 1. The molecule has 0 atom stereocenters. The van der Waals surface area contributed by atoms with Crippen molar-refractivity contribution in [2.24, 2.45) is 0 Å². The number of hydrogen-bond donors (Lipinski definition) is 1. The lowest BCUT2D eigenvalue weighted by Crippen LogP contribution is -2.38. The van der Waals surface area contributed by atoms with Crippen molar-refractivity contribution < 1.29 is 18.3 Å². The molecule has 1 aromatic heterocycles. The molecule has 1 heterocycles. The third-order valence-corrected chi connectivity index (χ3v) is 3.65. The Hall–Kier alpha value is -0.810. The highest BCUT2D eigenvalue weighted by molar-refractivity contribution is 6.30. The van der Waals surface area contributed by atoms with E-state index in [4.69, 9.17) is 11.6 Å². The highest BCUT2D eigenvalue weighted by atomic mass is 35.5. The van der Waals surface area contributed by atoms with Crippen molar-refractivity contribution in [1.82, 2.24) is 4.98 Å². The van der Waals surface area contributed by atoms with E-state index >= 15 is 0 Å². The van der Waals surface area contributed by atoms with E-state index in [0.29, 0.717) is 18.4 Å². The Morgan fingerprint density at radius 3 is 2.47 bits per heavy atom. The second kappa shape index (κ2) is 4.14. The van der Waals surface area contributed by atoms with E-state index in [9.17, 15) is 18.3 Å². The lowest BCUT2D eigenvalue weighted by Gasteiger charge is -2.41. The van der Waals surface area contributed by atoms with E-state index in [1.54, 1.807) is 0 Å². The zero-order valence-electron chi connectivity index (χ0n) is 8.89. The predicted molar refractivity (Wildman–Crippen MR) is 56.9 cm³/mol. The quantitative estimate of drug-likeness (QED) is 0.833. The fraction of sp³-hybridized carbons (Fsp3) is 0.545. The van der Waals surface area contributed by atoms with Crippen molar-refractivity contribution in [3.8, 4) is 0 Å². The number of aliphatic hydroxyl groups is 1. The summed E-state index contributed by atoms with van der Waals surface area (Å²) in [5.41, 5.74) is -1.15. The van der Waals surface area contributed by atoms with Crippen LogP contribution in [0.25, 0.3) is 0 Å². The van der Waals surface area contributed by atoms with Gasteiger partial charge in [0.05, 0.1) is 12.2 Å². The Kier molecular flexibility index (Phi) is 3.08. The number of alkyl halides is 3. The SMILES string of the molecule is OCC1(c2cc(C(F)(F)F)cnc2Cl)CCC1. The summed E-state index contributed by atoms with van der Waals surface area (Å²) in [6, 6.07) is 1.00. The summed E-state index contributed by atoms with van der Waals surface area (Å²) < 4.78 is 37.7. The van der Waals surface area contributed by atoms with E-state index < -0.39 is 17.2 Å². The fourth-order valence-corrected chi connectivity index (χ4v) is 2.39. The minimum atomic E-state index is -4.44. The first-order valence-electron chi connectivity index (χ1n) is 5.23. The topological polar surface area (TPSA) is 33.1 Å². The number of aromatic nitrogens is 1. The molecule has 94 valence electrons. The molecule has 17 heavy (non-hydrogen) atoms. The molecule has 0 unspecified atom stereocenters. The summed E-state index contributed by atoms with van der Waals surface area (Å²) in [4.78, 5) is 3.58. The van der Waals surface area contributed by atoms with Crippen LogP contribution in [0.5, 0.6) is 0 Å². The van der Waals surface area contributed by atoms with Crippen molar-refractivity contribution in [2.45, 2.75) is 30.9 Å². The third-order valence-electron chi connectivity index (χ3n) is 3.35. The molecule has 1 fully saturated rings. The zero-order chi connectivity index (χ0) is 12.7. The summed E-state index contributed by atoms with van der Waals surface area (Å²) >= 11 is 5.83. The molecule has 0 spiro atoms. The average molecular weight is 266 g/mol. The molecule has 2 nitrogen and oxygen atoms in total. The van der Waals surface area contributed by atoms with Gasteiger partial charge in [-0.15, -0.1) is 0 Å². The van der Waals surface area contributed by atoms with Gasteiger partial charge >= 0.3 is 6.18 Å². The van der Waals surface area contributed by atoms with Crippen LogP contribution in [0.3, 0.4) is 0 Å². The number of rotatable bonds is 2. The molecule has 2 rings (SSSR count). The normalized spacial score (nSPS) is 18.9. The van der Waals surface area contributed by atoms with Crippen LogP contribution in [0.15, 0.2) is 12.3 Å². The van der Waals surface area contributed by atoms with E-state index in [1.807, 2.05) is 0 Å². The lowest BCUT2D eigenvalue weighted by molar-refractivity contribution is -0.138. The molecule has 1 N–H and O–H groups in total. The maximum absolute atomic E-state index is 12.6. The van der Waals surface area contributed by atoms with Crippen LogP contribution in [-0.4, -0.2) is 16.7 Å². The van der Waals surface area contributed by atoms with Crippen LogP contribution in [0.4, 0.5) is 13.2 Å². The number of halogens is 4. The smallest absolute Gasteiger partial charge is 0.395 e. The number of aliphatic hydroxyl groups excluding tert-OH is 1. The van der Waals surface area contributed by atoms with Gasteiger partial charge in [0.1, 0.15) is 5.15 Å². The van der Waals surface area contributed by atoms with Crippen LogP contribution in [0.2, 0.25) is 5.15 Å². The molecule has 0 saturated heterocycles. The summed E-state index contributed by atoms with van der Waals surface area (Å²) in [6.07, 6.45) is -1.55. The number of pyridine rings is 1. The Bertz CT molecular complexity index is 424. The first kappa shape index (κ1) is 12.6. The Balaban J connectivity index is 2.46. The van der Waals surface area contributed by atoms with Crippen LogP contribution in [0, 0.1) is 0 Å². The van der Waals surface area contributed by atoms with Crippen LogP contribution in [0.1, 0.15) is 30.4 Å². The van der Waals surface area contributed by atoms with Gasteiger partial charge < -0.3 is 5.11 Å². The minimum absolute atomic E-state index is 0.0479. The van der Waals surface area contributed by atoms with Gasteiger partial charge in [0, 0.05) is 11.6 Å². The van der Waals surface area contributed by atoms with Gasteiger partial charge in [0.2, 0.25) is 0 Å². The second-order valence-electron chi connectivity index (χ2n) is 4.35. The summed E-state index contributed by atoms with van der Waals surface area (Å²) in [6.45, 7) is -0.199. The van der Waals surface area contributed by atoms with E-state index in [0.717, 1.165) is 18.7 Å². The Morgan fingerprint density at radius 1 is 1.41 bits per heavy atom. The molecule has 0 aliphatic heterocycles. The Morgan fingerprint density at radius 2 is 2.06 bits per heavy atom. The van der Waals surface area contributed by atoms with Crippen molar-refractivity contribution in [2.75, 3.05) is 6.61 Å². The van der Waals surface area contributed by atoms with Crippen LogP contribution < -0.4 is 0 Å². The maximum atomic E-state index is 12.6. The van der Waals surface area contributed by atoms with E-state index in [1.165, 1.54) is 0 Å². The summed E-state index contributed by atoms with van der Waals surface area (Å²) in [7, 11) is 0. The molecule has 0 aromatic carbocycles. The maximum Gasteiger partial charge on any atom is 0.417 e. The molecule has 1 aliphatic carbocycles. The highest BCUT2D eigenvalue weighted by Gasteiger charge is 2.42. The largest absolute Gasteiger partial charge is 0.417 e. The van der Waals surface area contributed by atoms with Gasteiger partial charge in [0.15, 0.2) is 0 Å². The van der Waals surface area contributed by atoms with Gasteiger partial charge in [-0.3, -0.25) is 0 Å². The van der Waals surface area contributed by atoms with Gasteiger partial charge in [0.25, 0.3) is 0 Å². The van der Waals surface area contributed by atoms with Gasteiger partial charge in [-0.25, -0.2) is 4.98 Å². The highest BCUT2D eigenvalue weighted by Crippen LogP contribution is 2.46. The van der Waals surface area contributed by atoms with E-state index in [-0.39, 0.29) is 11.8 Å². The molecule has 1 saturated carbocycles. The van der Waals surface area contributed by atoms with Crippen molar-refractivity contribution in [3.63, 3.8) is 0 Å². The first-order valence-corrected chi connectivity index (χ1v) is 5.61. The molecule has 0 radical (unpaired) electrons. The van der Waals surface area contributed by atoms with Crippen molar-refractivity contribution in [3.05, 3.63) is 28.5 Å². The Labute approximate surface area is 101 Å². The zero-order valence-corrected chi connectivity index (χ0v) is 9.65. The predicted octanol–water partition coefficient (Wildman–Crippen LogP) is 3.17. The molecule has 6 heteroatoms. The van der Waals surface area contributed by atoms with Gasteiger partial charge in [-0.1, -0.05) is 18.0 Å².